The number of nitrogens with one attached hydrogen (secondary N) is 1. The van der Waals surface area contributed by atoms with E-state index in [0.717, 1.165) is 19.3 Å². The Hall–Kier alpha value is -0.610. The second kappa shape index (κ2) is 3.03. The van der Waals surface area contributed by atoms with E-state index in [4.69, 9.17) is 4.74 Å². The van der Waals surface area contributed by atoms with Crippen molar-refractivity contribution in [2.24, 2.45) is 0 Å². The molecule has 3 unspecified atom stereocenters. The van der Waals surface area contributed by atoms with Crippen molar-refractivity contribution in [3.8, 4) is 0 Å². The molecular weight excluding hydrogens is 158 g/mol. The van der Waals surface area contributed by atoms with Crippen LogP contribution in [0.3, 0.4) is 0 Å². The zero-order valence-corrected chi connectivity index (χ0v) is 6.82. The van der Waals surface area contributed by atoms with Crippen LogP contribution in [-0.2, 0) is 9.53 Å². The zero-order chi connectivity index (χ0) is 8.55. The minimum Gasteiger partial charge on any atom is -0.391 e. The van der Waals surface area contributed by atoms with Crippen LogP contribution in [0.25, 0.3) is 0 Å². The summed E-state index contributed by atoms with van der Waals surface area (Å²) in [4.78, 5) is 10.9. The molecule has 0 aromatic rings. The quantitative estimate of drug-likeness (QED) is 0.512. The highest BCUT2D eigenvalue weighted by molar-refractivity contribution is 5.78. The molecule has 0 aromatic carbocycles. The first-order valence-electron chi connectivity index (χ1n) is 4.36. The van der Waals surface area contributed by atoms with Crippen LogP contribution >= 0.6 is 0 Å². The molecule has 0 radical (unpaired) electrons. The van der Waals surface area contributed by atoms with Crippen molar-refractivity contribution in [2.75, 3.05) is 6.61 Å². The molecule has 2 aliphatic rings. The van der Waals surface area contributed by atoms with E-state index in [-0.39, 0.29) is 24.7 Å². The Kier molecular flexibility index (Phi) is 2.02. The number of rotatable bonds is 0. The maximum atomic E-state index is 10.9. The van der Waals surface area contributed by atoms with E-state index in [1.54, 1.807) is 0 Å². The van der Waals surface area contributed by atoms with E-state index in [1.807, 2.05) is 0 Å². The van der Waals surface area contributed by atoms with Crippen LogP contribution in [0.5, 0.6) is 0 Å². The molecule has 2 fully saturated rings. The molecule has 0 aromatic heterocycles. The summed E-state index contributed by atoms with van der Waals surface area (Å²) in [5.74, 6) is -0.114. The summed E-state index contributed by atoms with van der Waals surface area (Å²) in [6.07, 6.45) is 2.31. The van der Waals surface area contributed by atoms with Gasteiger partial charge < -0.3 is 15.2 Å². The predicted molar refractivity (Wildman–Crippen MR) is 41.5 cm³/mol. The summed E-state index contributed by atoms with van der Waals surface area (Å²) in [6.45, 7) is 0.147. The first kappa shape index (κ1) is 8.01. The van der Waals surface area contributed by atoms with E-state index < -0.39 is 6.10 Å². The van der Waals surface area contributed by atoms with Gasteiger partial charge in [0.05, 0.1) is 18.2 Å². The molecule has 0 spiro atoms. The second-order valence-corrected chi connectivity index (χ2v) is 3.44. The molecule has 0 bridgehead atoms. The summed E-state index contributed by atoms with van der Waals surface area (Å²) in [6, 6.07) is -0.167. The number of hydrogen-bond acceptors (Lipinski definition) is 3. The maximum Gasteiger partial charge on any atom is 0.246 e. The number of ether oxygens (including phenoxy) is 1. The Morgan fingerprint density at radius 1 is 1.50 bits per heavy atom. The molecule has 1 aliphatic carbocycles. The van der Waals surface area contributed by atoms with Crippen LogP contribution in [0.4, 0.5) is 0 Å². The molecular formula is C8H13NO3. The Balaban J connectivity index is 2.05. The number of amides is 1. The molecule has 1 amide bonds. The summed E-state index contributed by atoms with van der Waals surface area (Å²) in [7, 11) is 0. The highest BCUT2D eigenvalue weighted by Crippen LogP contribution is 2.23. The smallest absolute Gasteiger partial charge is 0.246 e. The van der Waals surface area contributed by atoms with E-state index in [1.165, 1.54) is 0 Å². The number of hydrogen-bond donors (Lipinski definition) is 2. The zero-order valence-electron chi connectivity index (χ0n) is 6.82. The molecule has 1 aliphatic heterocycles. The third kappa shape index (κ3) is 1.32. The number of morpholine rings is 1. The molecule has 3 atom stereocenters. The van der Waals surface area contributed by atoms with Gasteiger partial charge in [-0.2, -0.15) is 0 Å². The Morgan fingerprint density at radius 3 is 3.17 bits per heavy atom. The van der Waals surface area contributed by atoms with Gasteiger partial charge in [-0.15, -0.1) is 0 Å². The van der Waals surface area contributed by atoms with Gasteiger partial charge in [0, 0.05) is 0 Å². The summed E-state index contributed by atoms with van der Waals surface area (Å²) >= 11 is 0. The predicted octanol–water partition coefficient (Wildman–Crippen LogP) is -0.585. The van der Waals surface area contributed by atoms with Crippen LogP contribution < -0.4 is 5.32 Å². The number of fused-ring (bicyclic) bond motifs is 1. The lowest BCUT2D eigenvalue weighted by Gasteiger charge is -2.38. The lowest BCUT2D eigenvalue weighted by molar-refractivity contribution is -0.144. The minimum absolute atomic E-state index is 0.0337. The first-order chi connectivity index (χ1) is 5.77. The van der Waals surface area contributed by atoms with Gasteiger partial charge in [0.15, 0.2) is 0 Å². The van der Waals surface area contributed by atoms with Gasteiger partial charge in [-0.25, -0.2) is 0 Å². The molecule has 2 rings (SSSR count). The van der Waals surface area contributed by atoms with Gasteiger partial charge in [-0.05, 0) is 19.3 Å². The molecule has 68 valence electrons. The largest absolute Gasteiger partial charge is 0.391 e. The summed E-state index contributed by atoms with van der Waals surface area (Å²) in [5.41, 5.74) is 0. The van der Waals surface area contributed by atoms with Crippen LogP contribution in [0.1, 0.15) is 19.3 Å². The lowest BCUT2D eigenvalue weighted by Crippen LogP contribution is -2.58. The van der Waals surface area contributed by atoms with Crippen LogP contribution in [0.15, 0.2) is 0 Å². The number of carbonyl (C=O) groups is 1. The first-order valence-corrected chi connectivity index (χ1v) is 4.36. The average molecular weight is 171 g/mol. The monoisotopic (exact) mass is 171 g/mol. The van der Waals surface area contributed by atoms with E-state index in [2.05, 4.69) is 5.32 Å². The molecule has 4 nitrogen and oxygen atoms in total. The van der Waals surface area contributed by atoms with Crippen molar-refractivity contribution in [3.05, 3.63) is 0 Å². The van der Waals surface area contributed by atoms with Crippen molar-refractivity contribution >= 4 is 5.91 Å². The fourth-order valence-electron chi connectivity index (χ4n) is 1.92. The van der Waals surface area contributed by atoms with Gasteiger partial charge in [-0.3, -0.25) is 4.79 Å². The molecule has 12 heavy (non-hydrogen) atoms. The average Bonchev–Trinajstić information content (AvgIpc) is 2.07. The third-order valence-electron chi connectivity index (χ3n) is 2.56. The molecule has 2 N–H and O–H groups in total. The van der Waals surface area contributed by atoms with Gasteiger partial charge in [0.2, 0.25) is 5.91 Å². The maximum absolute atomic E-state index is 10.9. The molecule has 4 heteroatoms. The van der Waals surface area contributed by atoms with Gasteiger partial charge in [0.25, 0.3) is 0 Å². The Morgan fingerprint density at radius 2 is 2.33 bits per heavy atom. The SMILES string of the molecule is O=C1COC2CCCC(O)C2N1. The van der Waals surface area contributed by atoms with E-state index in [9.17, 15) is 9.90 Å². The molecule has 1 saturated heterocycles. The van der Waals surface area contributed by atoms with Gasteiger partial charge in [0.1, 0.15) is 6.61 Å². The minimum atomic E-state index is -0.423. The lowest BCUT2D eigenvalue weighted by atomic mass is 9.89. The van der Waals surface area contributed by atoms with Crippen molar-refractivity contribution in [2.45, 2.75) is 37.5 Å². The van der Waals surface area contributed by atoms with E-state index in [0.29, 0.717) is 0 Å². The highest BCUT2D eigenvalue weighted by Gasteiger charge is 2.37. The molecule has 1 saturated carbocycles. The second-order valence-electron chi connectivity index (χ2n) is 3.44. The molecule has 1 heterocycles. The summed E-state index contributed by atoms with van der Waals surface area (Å²) < 4.78 is 5.29. The fourth-order valence-corrected chi connectivity index (χ4v) is 1.92. The highest BCUT2D eigenvalue weighted by atomic mass is 16.5. The van der Waals surface area contributed by atoms with Crippen LogP contribution in [0, 0.1) is 0 Å². The van der Waals surface area contributed by atoms with Gasteiger partial charge >= 0.3 is 0 Å². The number of carbonyl (C=O) groups excluding carboxylic acids is 1. The van der Waals surface area contributed by atoms with E-state index >= 15 is 0 Å². The fraction of sp³-hybridized carbons (Fsp3) is 0.875. The standard InChI is InChI=1S/C8H13NO3/c10-5-2-1-3-6-8(5)9-7(11)4-12-6/h5-6,8,10H,1-4H2,(H,9,11). The van der Waals surface area contributed by atoms with Crippen LogP contribution in [0.2, 0.25) is 0 Å². The Bertz CT molecular complexity index is 195. The normalized spacial score (nSPS) is 41.8. The van der Waals surface area contributed by atoms with Crippen molar-refractivity contribution in [3.63, 3.8) is 0 Å². The topological polar surface area (TPSA) is 58.6 Å². The van der Waals surface area contributed by atoms with Crippen molar-refractivity contribution in [1.82, 2.24) is 5.32 Å². The summed E-state index contributed by atoms with van der Waals surface area (Å²) in [5, 5.41) is 12.3. The van der Waals surface area contributed by atoms with Gasteiger partial charge in [-0.1, -0.05) is 0 Å². The Labute approximate surface area is 70.9 Å². The number of aliphatic hydroxyl groups is 1. The van der Waals surface area contributed by atoms with Crippen molar-refractivity contribution in [1.29, 1.82) is 0 Å². The van der Waals surface area contributed by atoms with Crippen molar-refractivity contribution < 1.29 is 14.6 Å². The van der Waals surface area contributed by atoms with Crippen LogP contribution in [-0.4, -0.2) is 35.9 Å². The number of aliphatic hydroxyl groups excluding tert-OH is 1. The third-order valence-corrected chi connectivity index (χ3v) is 2.56.